The minimum Gasteiger partial charge on any atom is -0.365 e. The molecule has 1 aromatic carbocycles. The van der Waals surface area contributed by atoms with Crippen molar-refractivity contribution in [2.75, 3.05) is 10.6 Å². The monoisotopic (exact) mass is 305 g/mol. The first kappa shape index (κ1) is 15.9. The molecule has 0 atom stereocenters. The zero-order valence-electron chi connectivity index (χ0n) is 12.6. The van der Waals surface area contributed by atoms with E-state index in [4.69, 9.17) is 0 Å². The number of hydrogen-bond acceptors (Lipinski definition) is 3. The van der Waals surface area contributed by atoms with Crippen LogP contribution in [-0.2, 0) is 0 Å². The van der Waals surface area contributed by atoms with E-state index in [0.29, 0.717) is 5.82 Å². The number of aromatic nitrogens is 1. The van der Waals surface area contributed by atoms with E-state index in [1.807, 2.05) is 20.8 Å². The summed E-state index contributed by atoms with van der Waals surface area (Å²) in [6.07, 6.45) is 1.55. The molecule has 0 aliphatic rings. The fraction of sp³-hybridized carbons (Fsp3) is 0.250. The van der Waals surface area contributed by atoms with Gasteiger partial charge >= 0.3 is 0 Å². The molecule has 0 aliphatic heterocycles. The molecule has 116 valence electrons. The Balaban J connectivity index is 2.28. The van der Waals surface area contributed by atoms with Gasteiger partial charge in [-0.25, -0.2) is 13.8 Å². The van der Waals surface area contributed by atoms with Gasteiger partial charge in [-0.1, -0.05) is 6.07 Å². The van der Waals surface area contributed by atoms with Gasteiger partial charge in [0.1, 0.15) is 5.82 Å². The van der Waals surface area contributed by atoms with Crippen molar-refractivity contribution in [3.63, 3.8) is 0 Å². The molecular weight excluding hydrogens is 288 g/mol. The van der Waals surface area contributed by atoms with Gasteiger partial charge in [0.2, 0.25) is 0 Å². The van der Waals surface area contributed by atoms with Gasteiger partial charge in [-0.15, -0.1) is 0 Å². The van der Waals surface area contributed by atoms with Crippen molar-refractivity contribution in [1.82, 2.24) is 4.98 Å². The molecule has 1 aromatic heterocycles. The van der Waals surface area contributed by atoms with E-state index < -0.39 is 17.5 Å². The standard InChI is InChI=1S/C16H17F2N3O/c1-16(2,3)21-14-10(6-5-9-19-14)15(22)20-12-8-4-7-11(17)13(12)18/h4-9H,1-3H3,(H,19,21)(H,20,22). The fourth-order valence-corrected chi connectivity index (χ4v) is 1.83. The number of anilines is 2. The van der Waals surface area contributed by atoms with E-state index in [2.05, 4.69) is 15.6 Å². The molecule has 0 aliphatic carbocycles. The van der Waals surface area contributed by atoms with Crippen molar-refractivity contribution in [3.05, 3.63) is 53.7 Å². The smallest absolute Gasteiger partial charge is 0.259 e. The maximum Gasteiger partial charge on any atom is 0.259 e. The number of pyridine rings is 1. The summed E-state index contributed by atoms with van der Waals surface area (Å²) < 4.78 is 26.8. The third-order valence-corrected chi connectivity index (χ3v) is 2.75. The highest BCUT2D eigenvalue weighted by molar-refractivity contribution is 6.07. The second kappa shape index (κ2) is 6.09. The maximum absolute atomic E-state index is 13.6. The Labute approximate surface area is 127 Å². The summed E-state index contributed by atoms with van der Waals surface area (Å²) in [4.78, 5) is 16.4. The third-order valence-electron chi connectivity index (χ3n) is 2.75. The second-order valence-electron chi connectivity index (χ2n) is 5.83. The summed E-state index contributed by atoms with van der Waals surface area (Å²) in [5.41, 5.74) is -0.260. The van der Waals surface area contributed by atoms with Gasteiger partial charge < -0.3 is 10.6 Å². The SMILES string of the molecule is CC(C)(C)Nc1ncccc1C(=O)Nc1cccc(F)c1F. The van der Waals surface area contributed by atoms with Crippen LogP contribution in [0.3, 0.4) is 0 Å². The largest absolute Gasteiger partial charge is 0.365 e. The van der Waals surface area contributed by atoms with E-state index in [1.165, 1.54) is 12.1 Å². The van der Waals surface area contributed by atoms with Gasteiger partial charge in [0.25, 0.3) is 5.91 Å². The number of amides is 1. The van der Waals surface area contributed by atoms with E-state index in [1.54, 1.807) is 18.3 Å². The lowest BCUT2D eigenvalue weighted by Crippen LogP contribution is -2.28. The van der Waals surface area contributed by atoms with Crippen LogP contribution in [0.15, 0.2) is 36.5 Å². The summed E-state index contributed by atoms with van der Waals surface area (Å²) in [5, 5.41) is 5.46. The molecule has 0 radical (unpaired) electrons. The van der Waals surface area contributed by atoms with Crippen molar-refractivity contribution in [2.45, 2.75) is 26.3 Å². The Morgan fingerprint density at radius 3 is 2.55 bits per heavy atom. The highest BCUT2D eigenvalue weighted by Gasteiger charge is 2.18. The van der Waals surface area contributed by atoms with Crippen LogP contribution in [0.1, 0.15) is 31.1 Å². The lowest BCUT2D eigenvalue weighted by atomic mass is 10.1. The van der Waals surface area contributed by atoms with Crippen LogP contribution in [-0.4, -0.2) is 16.4 Å². The number of carbonyl (C=O) groups excluding carboxylic acids is 1. The van der Waals surface area contributed by atoms with Crippen LogP contribution in [0.25, 0.3) is 0 Å². The summed E-state index contributed by atoms with van der Waals surface area (Å²) in [6.45, 7) is 5.78. The first-order chi connectivity index (χ1) is 10.3. The van der Waals surface area contributed by atoms with Crippen molar-refractivity contribution in [1.29, 1.82) is 0 Å². The van der Waals surface area contributed by atoms with E-state index in [9.17, 15) is 13.6 Å². The van der Waals surface area contributed by atoms with Crippen LogP contribution in [0.2, 0.25) is 0 Å². The number of hydrogen-bond donors (Lipinski definition) is 2. The molecule has 0 spiro atoms. The Morgan fingerprint density at radius 2 is 1.86 bits per heavy atom. The minimum atomic E-state index is -1.09. The van der Waals surface area contributed by atoms with Crippen LogP contribution in [0.5, 0.6) is 0 Å². The number of benzene rings is 1. The van der Waals surface area contributed by atoms with Gasteiger partial charge in [0.05, 0.1) is 11.3 Å². The predicted octanol–water partition coefficient (Wildman–Crippen LogP) is 3.82. The molecule has 2 N–H and O–H groups in total. The first-order valence-electron chi connectivity index (χ1n) is 6.76. The number of halogens is 2. The summed E-state index contributed by atoms with van der Waals surface area (Å²) in [5.74, 6) is -2.30. The predicted molar refractivity (Wildman–Crippen MR) is 81.9 cm³/mol. The first-order valence-corrected chi connectivity index (χ1v) is 6.76. The minimum absolute atomic E-state index is 0.212. The highest BCUT2D eigenvalue weighted by Crippen LogP contribution is 2.21. The summed E-state index contributed by atoms with van der Waals surface area (Å²) >= 11 is 0. The van der Waals surface area contributed by atoms with E-state index >= 15 is 0 Å². The normalized spacial score (nSPS) is 11.1. The van der Waals surface area contributed by atoms with Gasteiger partial charge in [-0.3, -0.25) is 4.79 Å². The molecule has 0 saturated carbocycles. The van der Waals surface area contributed by atoms with Gasteiger partial charge in [0, 0.05) is 11.7 Å². The zero-order chi connectivity index (χ0) is 16.3. The second-order valence-corrected chi connectivity index (χ2v) is 5.83. The molecule has 0 unspecified atom stereocenters. The van der Waals surface area contributed by atoms with E-state index in [-0.39, 0.29) is 16.8 Å². The molecule has 6 heteroatoms. The molecule has 2 rings (SSSR count). The van der Waals surface area contributed by atoms with Gasteiger partial charge in [0.15, 0.2) is 11.6 Å². The van der Waals surface area contributed by atoms with Crippen LogP contribution in [0, 0.1) is 11.6 Å². The van der Waals surface area contributed by atoms with Crippen molar-refractivity contribution < 1.29 is 13.6 Å². The zero-order valence-corrected chi connectivity index (χ0v) is 12.6. The molecule has 0 bridgehead atoms. The van der Waals surface area contributed by atoms with Crippen LogP contribution < -0.4 is 10.6 Å². The third kappa shape index (κ3) is 3.78. The highest BCUT2D eigenvalue weighted by atomic mass is 19.2. The number of nitrogens with zero attached hydrogens (tertiary/aromatic N) is 1. The molecule has 0 fully saturated rings. The molecule has 1 heterocycles. The summed E-state index contributed by atoms with van der Waals surface area (Å²) in [6, 6.07) is 6.77. The van der Waals surface area contributed by atoms with Crippen molar-refractivity contribution in [2.24, 2.45) is 0 Å². The molecule has 2 aromatic rings. The number of rotatable bonds is 3. The average Bonchev–Trinajstić information content (AvgIpc) is 2.42. The quantitative estimate of drug-likeness (QED) is 0.906. The number of carbonyl (C=O) groups is 1. The van der Waals surface area contributed by atoms with Gasteiger partial charge in [-0.2, -0.15) is 0 Å². The van der Waals surface area contributed by atoms with Gasteiger partial charge in [-0.05, 0) is 45.0 Å². The molecular formula is C16H17F2N3O. The Kier molecular flexibility index (Phi) is 4.40. The Hall–Kier alpha value is -2.50. The topological polar surface area (TPSA) is 54.0 Å². The van der Waals surface area contributed by atoms with E-state index in [0.717, 1.165) is 6.07 Å². The fourth-order valence-electron chi connectivity index (χ4n) is 1.83. The molecule has 1 amide bonds. The van der Waals surface area contributed by atoms with Crippen LogP contribution >= 0.6 is 0 Å². The maximum atomic E-state index is 13.6. The molecule has 22 heavy (non-hydrogen) atoms. The number of nitrogens with one attached hydrogen (secondary N) is 2. The lowest BCUT2D eigenvalue weighted by Gasteiger charge is -2.22. The van der Waals surface area contributed by atoms with Crippen molar-refractivity contribution >= 4 is 17.4 Å². The molecule has 4 nitrogen and oxygen atoms in total. The Bertz CT molecular complexity index is 696. The summed E-state index contributed by atoms with van der Waals surface area (Å²) in [7, 11) is 0. The lowest BCUT2D eigenvalue weighted by molar-refractivity contribution is 0.102. The Morgan fingerprint density at radius 1 is 1.14 bits per heavy atom. The van der Waals surface area contributed by atoms with Crippen LogP contribution in [0.4, 0.5) is 20.3 Å². The molecule has 0 saturated heterocycles. The van der Waals surface area contributed by atoms with Crippen molar-refractivity contribution in [3.8, 4) is 0 Å². The average molecular weight is 305 g/mol.